The van der Waals surface area contributed by atoms with E-state index in [0.29, 0.717) is 6.54 Å². The molecule has 0 spiro atoms. The van der Waals surface area contributed by atoms with Crippen LogP contribution in [0.3, 0.4) is 0 Å². The zero-order valence-corrected chi connectivity index (χ0v) is 11.9. The highest BCUT2D eigenvalue weighted by Crippen LogP contribution is 2.23. The van der Waals surface area contributed by atoms with Crippen molar-refractivity contribution in [3.8, 4) is 0 Å². The van der Waals surface area contributed by atoms with E-state index in [4.69, 9.17) is 4.42 Å². The van der Waals surface area contributed by atoms with Crippen molar-refractivity contribution in [2.45, 2.75) is 6.54 Å². The minimum absolute atomic E-state index is 0.662. The van der Waals surface area contributed by atoms with E-state index >= 15 is 0 Å². The molecule has 4 nitrogen and oxygen atoms in total. The quantitative estimate of drug-likeness (QED) is 0.867. The molecule has 2 rings (SSSR count). The maximum atomic E-state index is 5.50. The number of hydrogen-bond acceptors (Lipinski definition) is 4. The summed E-state index contributed by atoms with van der Waals surface area (Å²) in [5, 5.41) is 3.32. The third-order valence-electron chi connectivity index (χ3n) is 2.36. The molecular formula is C12H14IN3O. The second-order valence-corrected chi connectivity index (χ2v) is 4.91. The van der Waals surface area contributed by atoms with Gasteiger partial charge in [0.15, 0.2) is 3.77 Å². The molecule has 2 aromatic rings. The van der Waals surface area contributed by atoms with Gasteiger partial charge < -0.3 is 14.6 Å². The lowest BCUT2D eigenvalue weighted by Crippen LogP contribution is -2.12. The number of nitrogens with one attached hydrogen (secondary N) is 1. The van der Waals surface area contributed by atoms with E-state index in [1.54, 1.807) is 6.20 Å². The standard InChI is InChI=1S/C12H14IN3O/c1-16(2)11-5-6-14-8-10(11)15-7-9-3-4-12(13)17-9/h3-6,8,15H,7H2,1-2H3. The molecule has 0 amide bonds. The fourth-order valence-corrected chi connectivity index (χ4v) is 2.01. The average Bonchev–Trinajstić information content (AvgIpc) is 2.73. The second kappa shape index (κ2) is 5.39. The van der Waals surface area contributed by atoms with Crippen molar-refractivity contribution < 1.29 is 4.42 Å². The maximum Gasteiger partial charge on any atom is 0.164 e. The first-order valence-corrected chi connectivity index (χ1v) is 6.34. The highest BCUT2D eigenvalue weighted by molar-refractivity contribution is 14.1. The highest BCUT2D eigenvalue weighted by Gasteiger charge is 2.05. The summed E-state index contributed by atoms with van der Waals surface area (Å²) in [6.45, 7) is 0.662. The minimum atomic E-state index is 0.662. The van der Waals surface area contributed by atoms with Gasteiger partial charge in [-0.3, -0.25) is 4.98 Å². The molecule has 0 atom stereocenters. The fraction of sp³-hybridized carbons (Fsp3) is 0.250. The molecule has 2 heterocycles. The number of hydrogen-bond donors (Lipinski definition) is 1. The SMILES string of the molecule is CN(C)c1ccncc1NCc1ccc(I)o1. The summed E-state index contributed by atoms with van der Waals surface area (Å²) in [6, 6.07) is 5.91. The number of halogens is 1. The summed E-state index contributed by atoms with van der Waals surface area (Å²) in [6.07, 6.45) is 3.61. The number of furan rings is 1. The Hall–Kier alpha value is -1.24. The van der Waals surface area contributed by atoms with Gasteiger partial charge in [0.25, 0.3) is 0 Å². The molecule has 0 aliphatic rings. The summed E-state index contributed by atoms with van der Waals surface area (Å²) in [7, 11) is 4.02. The van der Waals surface area contributed by atoms with Crippen molar-refractivity contribution in [1.29, 1.82) is 0 Å². The van der Waals surface area contributed by atoms with Crippen molar-refractivity contribution in [2.24, 2.45) is 0 Å². The van der Waals surface area contributed by atoms with Gasteiger partial charge in [0, 0.05) is 20.3 Å². The van der Waals surface area contributed by atoms with Gasteiger partial charge in [-0.05, 0) is 40.8 Å². The fourth-order valence-electron chi connectivity index (χ4n) is 1.54. The Morgan fingerprint density at radius 3 is 2.82 bits per heavy atom. The van der Waals surface area contributed by atoms with Crippen molar-refractivity contribution >= 4 is 34.0 Å². The van der Waals surface area contributed by atoms with Gasteiger partial charge in [0.1, 0.15) is 5.76 Å². The molecule has 0 radical (unpaired) electrons. The Morgan fingerprint density at radius 1 is 1.35 bits per heavy atom. The first-order valence-electron chi connectivity index (χ1n) is 5.26. The predicted molar refractivity (Wildman–Crippen MR) is 77.3 cm³/mol. The third-order valence-corrected chi connectivity index (χ3v) is 2.94. The lowest BCUT2D eigenvalue weighted by Gasteiger charge is -2.17. The monoisotopic (exact) mass is 343 g/mol. The molecular weight excluding hydrogens is 329 g/mol. The first kappa shape index (κ1) is 12.2. The lowest BCUT2D eigenvalue weighted by molar-refractivity contribution is 0.493. The normalized spacial score (nSPS) is 10.3. The van der Waals surface area contributed by atoms with Crippen LogP contribution in [0.4, 0.5) is 11.4 Å². The summed E-state index contributed by atoms with van der Waals surface area (Å²) >= 11 is 2.16. The molecule has 0 saturated heterocycles. The van der Waals surface area contributed by atoms with Crippen LogP contribution in [-0.4, -0.2) is 19.1 Å². The van der Waals surface area contributed by atoms with Crippen LogP contribution in [0, 0.1) is 3.77 Å². The van der Waals surface area contributed by atoms with Gasteiger partial charge in [-0.1, -0.05) is 0 Å². The molecule has 90 valence electrons. The predicted octanol–water partition coefficient (Wildman–Crippen LogP) is 2.96. The number of anilines is 2. The Kier molecular flexibility index (Phi) is 3.88. The largest absolute Gasteiger partial charge is 0.454 e. The molecule has 1 N–H and O–H groups in total. The van der Waals surface area contributed by atoms with Crippen LogP contribution in [0.5, 0.6) is 0 Å². The Bertz CT molecular complexity index is 496. The van der Waals surface area contributed by atoms with Crippen molar-refractivity contribution in [2.75, 3.05) is 24.3 Å². The zero-order chi connectivity index (χ0) is 12.3. The summed E-state index contributed by atoms with van der Waals surface area (Å²) in [5.41, 5.74) is 2.12. The Morgan fingerprint density at radius 2 is 2.18 bits per heavy atom. The van der Waals surface area contributed by atoms with Gasteiger partial charge in [0.05, 0.1) is 24.1 Å². The number of aromatic nitrogens is 1. The van der Waals surface area contributed by atoms with Gasteiger partial charge in [-0.25, -0.2) is 0 Å². The molecule has 0 bridgehead atoms. The van der Waals surface area contributed by atoms with Gasteiger partial charge in [0.2, 0.25) is 0 Å². The molecule has 0 aliphatic heterocycles. The van der Waals surface area contributed by atoms with E-state index < -0.39 is 0 Å². The molecule has 0 fully saturated rings. The van der Waals surface area contributed by atoms with E-state index in [1.165, 1.54) is 0 Å². The summed E-state index contributed by atoms with van der Waals surface area (Å²) in [5.74, 6) is 0.919. The van der Waals surface area contributed by atoms with Crippen LogP contribution >= 0.6 is 22.6 Å². The first-order chi connectivity index (χ1) is 8.16. The third kappa shape index (κ3) is 3.12. The van der Waals surface area contributed by atoms with Crippen LogP contribution in [0.1, 0.15) is 5.76 Å². The van der Waals surface area contributed by atoms with Crippen molar-refractivity contribution in [1.82, 2.24) is 4.98 Å². The molecule has 0 aromatic carbocycles. The zero-order valence-electron chi connectivity index (χ0n) is 9.77. The van der Waals surface area contributed by atoms with Crippen LogP contribution < -0.4 is 10.2 Å². The average molecular weight is 343 g/mol. The van der Waals surface area contributed by atoms with E-state index in [-0.39, 0.29) is 0 Å². The molecule has 0 aliphatic carbocycles. The smallest absolute Gasteiger partial charge is 0.164 e. The van der Waals surface area contributed by atoms with Gasteiger partial charge in [-0.15, -0.1) is 0 Å². The number of rotatable bonds is 4. The van der Waals surface area contributed by atoms with E-state index in [2.05, 4.69) is 37.8 Å². The van der Waals surface area contributed by atoms with Crippen LogP contribution in [0.15, 0.2) is 35.0 Å². The van der Waals surface area contributed by atoms with E-state index in [9.17, 15) is 0 Å². The molecule has 2 aromatic heterocycles. The molecule has 0 saturated carbocycles. The van der Waals surface area contributed by atoms with Crippen LogP contribution in [0.25, 0.3) is 0 Å². The molecule has 0 unspecified atom stereocenters. The number of nitrogens with zero attached hydrogens (tertiary/aromatic N) is 2. The van der Waals surface area contributed by atoms with Crippen LogP contribution in [0.2, 0.25) is 0 Å². The minimum Gasteiger partial charge on any atom is -0.454 e. The van der Waals surface area contributed by atoms with E-state index in [1.807, 2.05) is 38.5 Å². The second-order valence-electron chi connectivity index (χ2n) is 3.85. The molecule has 17 heavy (non-hydrogen) atoms. The van der Waals surface area contributed by atoms with Gasteiger partial charge >= 0.3 is 0 Å². The van der Waals surface area contributed by atoms with Crippen molar-refractivity contribution in [3.63, 3.8) is 0 Å². The maximum absolute atomic E-state index is 5.50. The Labute approximate surface area is 114 Å². The van der Waals surface area contributed by atoms with Gasteiger partial charge in [-0.2, -0.15) is 0 Å². The topological polar surface area (TPSA) is 41.3 Å². The lowest BCUT2D eigenvalue weighted by atomic mass is 10.3. The number of pyridine rings is 1. The van der Waals surface area contributed by atoms with E-state index in [0.717, 1.165) is 20.9 Å². The Balaban J connectivity index is 2.08. The van der Waals surface area contributed by atoms with Crippen molar-refractivity contribution in [3.05, 3.63) is 40.1 Å². The molecule has 5 heteroatoms. The van der Waals surface area contributed by atoms with Crippen LogP contribution in [-0.2, 0) is 6.54 Å². The summed E-state index contributed by atoms with van der Waals surface area (Å²) < 4.78 is 6.40. The summed E-state index contributed by atoms with van der Waals surface area (Å²) in [4.78, 5) is 6.18. The highest BCUT2D eigenvalue weighted by atomic mass is 127.